The summed E-state index contributed by atoms with van der Waals surface area (Å²) in [6, 6.07) is 4.75. The lowest BCUT2D eigenvalue weighted by atomic mass is 10.1. The van der Waals surface area contributed by atoms with Crippen LogP contribution in [0.1, 0.15) is 5.56 Å². The van der Waals surface area contributed by atoms with Gasteiger partial charge in [-0.15, -0.1) is 11.3 Å². The molecule has 0 atom stereocenters. The molecule has 0 aliphatic rings. The Morgan fingerprint density at radius 3 is 3.00 bits per heavy atom. The molecule has 2 aromatic rings. The Balaban J connectivity index is 2.94. The maximum Gasteiger partial charge on any atom is 0.183 e. The number of nitrogens with zero attached hydrogens (tertiary/aromatic N) is 1. The molecule has 0 bridgehead atoms. The van der Waals surface area contributed by atoms with Crippen LogP contribution in [0.4, 0.5) is 4.39 Å². The van der Waals surface area contributed by atoms with Crippen molar-refractivity contribution in [2.75, 3.05) is 0 Å². The number of phenols is 1. The fourth-order valence-electron chi connectivity index (χ4n) is 1.15. The average molecular weight is 193 g/mol. The van der Waals surface area contributed by atoms with Gasteiger partial charge >= 0.3 is 0 Å². The molecule has 0 aliphatic carbocycles. The van der Waals surface area contributed by atoms with Gasteiger partial charge in [-0.3, -0.25) is 0 Å². The SMILES string of the molecule is N#Cc1cc2sccc2c(O)c1F. The number of rotatable bonds is 0. The van der Waals surface area contributed by atoms with Gasteiger partial charge in [0.05, 0.1) is 5.56 Å². The minimum absolute atomic E-state index is 0.118. The third-order valence-electron chi connectivity index (χ3n) is 1.79. The summed E-state index contributed by atoms with van der Waals surface area (Å²) in [4.78, 5) is 0. The number of hydrogen-bond donors (Lipinski definition) is 1. The average Bonchev–Trinajstić information content (AvgIpc) is 2.59. The summed E-state index contributed by atoms with van der Waals surface area (Å²) in [6.45, 7) is 0. The highest BCUT2D eigenvalue weighted by Gasteiger charge is 2.12. The van der Waals surface area contributed by atoms with Crippen LogP contribution in [0.3, 0.4) is 0 Å². The normalized spacial score (nSPS) is 10.2. The van der Waals surface area contributed by atoms with Crippen molar-refractivity contribution in [1.29, 1.82) is 5.26 Å². The molecule has 1 aromatic heterocycles. The van der Waals surface area contributed by atoms with Gasteiger partial charge in [-0.25, -0.2) is 4.39 Å². The number of benzene rings is 1. The Hall–Kier alpha value is -1.60. The molecule has 1 aromatic carbocycles. The van der Waals surface area contributed by atoms with Crippen molar-refractivity contribution in [1.82, 2.24) is 0 Å². The first-order valence-corrected chi connectivity index (χ1v) is 4.41. The van der Waals surface area contributed by atoms with Gasteiger partial charge in [-0.05, 0) is 17.5 Å². The van der Waals surface area contributed by atoms with Gasteiger partial charge in [0, 0.05) is 10.1 Å². The van der Waals surface area contributed by atoms with E-state index < -0.39 is 11.6 Å². The second-order valence-electron chi connectivity index (χ2n) is 2.53. The largest absolute Gasteiger partial charge is 0.504 e. The Kier molecular flexibility index (Phi) is 1.67. The summed E-state index contributed by atoms with van der Waals surface area (Å²) >= 11 is 1.36. The highest BCUT2D eigenvalue weighted by molar-refractivity contribution is 7.17. The number of nitriles is 1. The van der Waals surface area contributed by atoms with E-state index in [2.05, 4.69) is 0 Å². The van der Waals surface area contributed by atoms with E-state index in [0.29, 0.717) is 5.39 Å². The maximum absolute atomic E-state index is 13.1. The van der Waals surface area contributed by atoms with Crippen LogP contribution in [-0.2, 0) is 0 Å². The smallest absolute Gasteiger partial charge is 0.183 e. The van der Waals surface area contributed by atoms with E-state index in [9.17, 15) is 9.50 Å². The molecule has 0 fully saturated rings. The molecular weight excluding hydrogens is 189 g/mol. The highest BCUT2D eigenvalue weighted by Crippen LogP contribution is 2.33. The van der Waals surface area contributed by atoms with Crippen molar-refractivity contribution < 1.29 is 9.50 Å². The Morgan fingerprint density at radius 2 is 2.31 bits per heavy atom. The minimum atomic E-state index is -0.839. The van der Waals surface area contributed by atoms with Crippen LogP contribution in [0, 0.1) is 17.1 Å². The van der Waals surface area contributed by atoms with Gasteiger partial charge in [-0.1, -0.05) is 0 Å². The Morgan fingerprint density at radius 1 is 1.54 bits per heavy atom. The highest BCUT2D eigenvalue weighted by atomic mass is 32.1. The van der Waals surface area contributed by atoms with Gasteiger partial charge in [0.25, 0.3) is 0 Å². The summed E-state index contributed by atoms with van der Waals surface area (Å²) in [5, 5.41) is 20.1. The molecule has 1 heterocycles. The number of aromatic hydroxyl groups is 1. The fourth-order valence-corrected chi connectivity index (χ4v) is 1.98. The number of halogens is 1. The summed E-state index contributed by atoms with van der Waals surface area (Å²) in [6.07, 6.45) is 0. The van der Waals surface area contributed by atoms with Crippen molar-refractivity contribution in [3.05, 3.63) is 28.9 Å². The zero-order chi connectivity index (χ0) is 9.42. The first kappa shape index (κ1) is 8.02. The maximum atomic E-state index is 13.1. The molecule has 2 rings (SSSR count). The van der Waals surface area contributed by atoms with Crippen LogP contribution in [0.25, 0.3) is 10.1 Å². The predicted molar refractivity (Wildman–Crippen MR) is 48.2 cm³/mol. The first-order valence-electron chi connectivity index (χ1n) is 3.53. The van der Waals surface area contributed by atoms with E-state index in [-0.39, 0.29) is 5.56 Å². The standard InChI is InChI=1S/C9H4FNOS/c10-8-5(4-11)3-7-6(9(8)12)1-2-13-7/h1-3,12H. The molecule has 0 saturated heterocycles. The number of thiophene rings is 1. The van der Waals surface area contributed by atoms with Gasteiger partial charge in [0.2, 0.25) is 0 Å². The Bertz CT molecular complexity index is 512. The Labute approximate surface area is 77.5 Å². The third kappa shape index (κ3) is 1.05. The summed E-state index contributed by atoms with van der Waals surface area (Å²) < 4.78 is 13.9. The van der Waals surface area contributed by atoms with E-state index in [1.165, 1.54) is 17.4 Å². The number of hydrogen-bond acceptors (Lipinski definition) is 3. The molecular formula is C9H4FNOS. The molecule has 4 heteroatoms. The van der Waals surface area contributed by atoms with E-state index in [1.54, 1.807) is 17.5 Å². The topological polar surface area (TPSA) is 44.0 Å². The monoisotopic (exact) mass is 193 g/mol. The van der Waals surface area contributed by atoms with E-state index in [0.717, 1.165) is 4.70 Å². The zero-order valence-electron chi connectivity index (χ0n) is 6.41. The van der Waals surface area contributed by atoms with Crippen LogP contribution in [0.15, 0.2) is 17.5 Å². The van der Waals surface area contributed by atoms with E-state index in [1.807, 2.05) is 0 Å². The van der Waals surface area contributed by atoms with Gasteiger partial charge < -0.3 is 5.11 Å². The van der Waals surface area contributed by atoms with E-state index in [4.69, 9.17) is 5.26 Å². The van der Waals surface area contributed by atoms with Crippen molar-refractivity contribution in [3.63, 3.8) is 0 Å². The third-order valence-corrected chi connectivity index (χ3v) is 2.65. The number of fused-ring (bicyclic) bond motifs is 1. The molecule has 2 nitrogen and oxygen atoms in total. The van der Waals surface area contributed by atoms with Crippen LogP contribution in [0.2, 0.25) is 0 Å². The van der Waals surface area contributed by atoms with Crippen molar-refractivity contribution in [3.8, 4) is 11.8 Å². The molecule has 0 unspecified atom stereocenters. The quantitative estimate of drug-likeness (QED) is 0.698. The van der Waals surface area contributed by atoms with Crippen molar-refractivity contribution in [2.24, 2.45) is 0 Å². The number of phenolic OH excluding ortho intramolecular Hbond substituents is 1. The van der Waals surface area contributed by atoms with Gasteiger partial charge in [0.1, 0.15) is 6.07 Å². The summed E-state index contributed by atoms with van der Waals surface area (Å²) in [5.41, 5.74) is -0.118. The molecule has 64 valence electrons. The molecule has 0 radical (unpaired) electrons. The second-order valence-corrected chi connectivity index (χ2v) is 3.48. The minimum Gasteiger partial charge on any atom is -0.504 e. The van der Waals surface area contributed by atoms with Gasteiger partial charge in [0.15, 0.2) is 11.6 Å². The summed E-state index contributed by atoms with van der Waals surface area (Å²) in [7, 11) is 0. The zero-order valence-corrected chi connectivity index (χ0v) is 7.23. The molecule has 0 spiro atoms. The molecule has 0 aliphatic heterocycles. The molecule has 1 N–H and O–H groups in total. The lowest BCUT2D eigenvalue weighted by Gasteiger charge is -1.98. The molecule has 0 amide bonds. The van der Waals surface area contributed by atoms with Crippen LogP contribution >= 0.6 is 11.3 Å². The predicted octanol–water partition coefficient (Wildman–Crippen LogP) is 2.62. The van der Waals surface area contributed by atoms with Crippen LogP contribution < -0.4 is 0 Å². The van der Waals surface area contributed by atoms with Crippen molar-refractivity contribution >= 4 is 21.4 Å². The lowest BCUT2D eigenvalue weighted by molar-refractivity contribution is 0.438. The van der Waals surface area contributed by atoms with Crippen LogP contribution in [0.5, 0.6) is 5.75 Å². The summed E-state index contributed by atoms with van der Waals surface area (Å²) in [5.74, 6) is -1.27. The second kappa shape index (κ2) is 2.71. The fraction of sp³-hybridized carbons (Fsp3) is 0. The van der Waals surface area contributed by atoms with E-state index >= 15 is 0 Å². The molecule has 13 heavy (non-hydrogen) atoms. The molecule has 0 saturated carbocycles. The lowest BCUT2D eigenvalue weighted by Crippen LogP contribution is -1.83. The first-order chi connectivity index (χ1) is 6.24. The van der Waals surface area contributed by atoms with Crippen molar-refractivity contribution in [2.45, 2.75) is 0 Å². The van der Waals surface area contributed by atoms with Gasteiger partial charge in [-0.2, -0.15) is 5.26 Å². The van der Waals surface area contributed by atoms with Crippen LogP contribution in [-0.4, -0.2) is 5.11 Å².